The molecule has 1 heterocycles. The number of nitrogens with zero attached hydrogens (tertiary/aromatic N) is 2. The van der Waals surface area contributed by atoms with Crippen molar-refractivity contribution >= 4 is 0 Å². The van der Waals surface area contributed by atoms with Crippen molar-refractivity contribution in [3.8, 4) is 6.07 Å². The Hall–Kier alpha value is -0.800. The number of piperidine rings is 1. The summed E-state index contributed by atoms with van der Waals surface area (Å²) >= 11 is 0. The van der Waals surface area contributed by atoms with Gasteiger partial charge in [-0.1, -0.05) is 6.42 Å². The van der Waals surface area contributed by atoms with Gasteiger partial charge in [0, 0.05) is 12.6 Å². The number of hydrogen-bond acceptors (Lipinski definition) is 3. The Morgan fingerprint density at radius 1 is 1.41 bits per heavy atom. The minimum absolute atomic E-state index is 0.104. The normalized spacial score (nSPS) is 24.3. The molecule has 2 N–H and O–H groups in total. The Morgan fingerprint density at radius 2 is 2.12 bits per heavy atom. The summed E-state index contributed by atoms with van der Waals surface area (Å²) in [6.07, 6.45) is -0.913. The molecule has 0 aromatic carbocycles. The molecule has 2 atom stereocenters. The molecule has 0 aromatic heterocycles. The molecule has 98 valence electrons. The fraction of sp³-hybridized carbons (Fsp3) is 0.909. The van der Waals surface area contributed by atoms with E-state index in [0.717, 1.165) is 19.3 Å². The Bertz CT molecular complexity index is 270. The first-order valence-corrected chi connectivity index (χ1v) is 5.89. The third kappa shape index (κ3) is 4.17. The molecule has 0 aliphatic carbocycles. The molecule has 0 saturated carbocycles. The molecular formula is C11H18F3N3. The van der Waals surface area contributed by atoms with Crippen molar-refractivity contribution in [2.24, 2.45) is 11.7 Å². The summed E-state index contributed by atoms with van der Waals surface area (Å²) in [6, 6.07) is 1.46. The van der Waals surface area contributed by atoms with Gasteiger partial charge in [-0.25, -0.2) is 0 Å². The minimum atomic E-state index is -4.43. The van der Waals surface area contributed by atoms with Gasteiger partial charge in [-0.05, 0) is 32.4 Å². The van der Waals surface area contributed by atoms with Crippen LogP contribution in [0.1, 0.15) is 25.7 Å². The summed E-state index contributed by atoms with van der Waals surface area (Å²) in [4.78, 5) is 1.78. The molecule has 0 spiro atoms. The minimum Gasteiger partial charge on any atom is -0.330 e. The zero-order chi connectivity index (χ0) is 12.9. The molecular weight excluding hydrogens is 231 g/mol. The fourth-order valence-electron chi connectivity index (χ4n) is 2.27. The first-order valence-electron chi connectivity index (χ1n) is 5.89. The second kappa shape index (κ2) is 6.22. The van der Waals surface area contributed by atoms with Crippen LogP contribution in [0, 0.1) is 17.2 Å². The van der Waals surface area contributed by atoms with E-state index in [2.05, 4.69) is 0 Å². The van der Waals surface area contributed by atoms with Crippen LogP contribution in [0.3, 0.4) is 0 Å². The highest BCUT2D eigenvalue weighted by atomic mass is 19.4. The Morgan fingerprint density at radius 3 is 2.65 bits per heavy atom. The molecule has 1 rings (SSSR count). The first-order chi connectivity index (χ1) is 7.99. The summed E-state index contributed by atoms with van der Waals surface area (Å²) in [5.74, 6) is -1.89. The summed E-state index contributed by atoms with van der Waals surface area (Å²) in [6.45, 7) is 0.897. The maximum Gasteiger partial charge on any atom is 0.405 e. The second-order valence-corrected chi connectivity index (χ2v) is 4.45. The SMILES string of the molecule is N#CC(CN1CCCCC1CCN)C(F)(F)F. The number of halogens is 3. The van der Waals surface area contributed by atoms with Crippen LogP contribution in [0.25, 0.3) is 0 Å². The third-order valence-corrected chi connectivity index (χ3v) is 3.22. The fourth-order valence-corrected chi connectivity index (χ4v) is 2.27. The van der Waals surface area contributed by atoms with E-state index in [0.29, 0.717) is 19.5 Å². The molecule has 1 fully saturated rings. The summed E-state index contributed by atoms with van der Waals surface area (Å²) < 4.78 is 37.5. The van der Waals surface area contributed by atoms with Gasteiger partial charge in [0.1, 0.15) is 0 Å². The number of likely N-dealkylation sites (tertiary alicyclic amines) is 1. The second-order valence-electron chi connectivity index (χ2n) is 4.45. The Labute approximate surface area is 99.4 Å². The highest BCUT2D eigenvalue weighted by Crippen LogP contribution is 2.29. The maximum atomic E-state index is 12.5. The van der Waals surface area contributed by atoms with E-state index in [4.69, 9.17) is 11.0 Å². The molecule has 0 aromatic rings. The van der Waals surface area contributed by atoms with Crippen molar-refractivity contribution in [3.63, 3.8) is 0 Å². The van der Waals surface area contributed by atoms with Gasteiger partial charge >= 0.3 is 6.18 Å². The number of nitrogens with two attached hydrogens (primary N) is 1. The molecule has 0 amide bonds. The number of nitriles is 1. The van der Waals surface area contributed by atoms with Crippen LogP contribution in [0.4, 0.5) is 13.2 Å². The lowest BCUT2D eigenvalue weighted by molar-refractivity contribution is -0.165. The summed E-state index contributed by atoms with van der Waals surface area (Å²) in [5, 5.41) is 8.59. The lowest BCUT2D eigenvalue weighted by atomic mass is 9.97. The van der Waals surface area contributed by atoms with Crippen molar-refractivity contribution in [1.82, 2.24) is 4.90 Å². The van der Waals surface area contributed by atoms with Crippen LogP contribution < -0.4 is 5.73 Å². The molecule has 0 radical (unpaired) electrons. The molecule has 17 heavy (non-hydrogen) atoms. The number of alkyl halides is 3. The van der Waals surface area contributed by atoms with Crippen LogP contribution in [-0.4, -0.2) is 36.8 Å². The molecule has 1 aliphatic rings. The van der Waals surface area contributed by atoms with Crippen molar-refractivity contribution in [1.29, 1.82) is 5.26 Å². The van der Waals surface area contributed by atoms with E-state index in [1.165, 1.54) is 6.07 Å². The quantitative estimate of drug-likeness (QED) is 0.827. The molecule has 1 saturated heterocycles. The smallest absolute Gasteiger partial charge is 0.330 e. The van der Waals surface area contributed by atoms with E-state index in [1.807, 2.05) is 0 Å². The predicted octanol–water partition coefficient (Wildman–Crippen LogP) is 1.89. The van der Waals surface area contributed by atoms with Crippen LogP contribution in [0.15, 0.2) is 0 Å². The Balaban J connectivity index is 2.60. The van der Waals surface area contributed by atoms with Gasteiger partial charge in [0.25, 0.3) is 0 Å². The zero-order valence-corrected chi connectivity index (χ0v) is 9.71. The summed E-state index contributed by atoms with van der Waals surface area (Å²) in [7, 11) is 0. The van der Waals surface area contributed by atoms with Gasteiger partial charge in [-0.2, -0.15) is 18.4 Å². The molecule has 1 aliphatic heterocycles. The topological polar surface area (TPSA) is 53.0 Å². The number of hydrogen-bond donors (Lipinski definition) is 1. The van der Waals surface area contributed by atoms with Gasteiger partial charge < -0.3 is 5.73 Å². The van der Waals surface area contributed by atoms with Crippen molar-refractivity contribution < 1.29 is 13.2 Å². The number of rotatable bonds is 4. The standard InChI is InChI=1S/C11H18F3N3/c12-11(13,14)9(7-16)8-17-6-2-1-3-10(17)4-5-15/h9-10H,1-6,8,15H2. The summed E-state index contributed by atoms with van der Waals surface area (Å²) in [5.41, 5.74) is 5.46. The monoisotopic (exact) mass is 249 g/mol. The van der Waals surface area contributed by atoms with E-state index in [-0.39, 0.29) is 12.6 Å². The van der Waals surface area contributed by atoms with Crippen molar-refractivity contribution in [3.05, 3.63) is 0 Å². The van der Waals surface area contributed by atoms with Crippen LogP contribution in [0.2, 0.25) is 0 Å². The van der Waals surface area contributed by atoms with Crippen LogP contribution >= 0.6 is 0 Å². The maximum absolute atomic E-state index is 12.5. The predicted molar refractivity (Wildman–Crippen MR) is 58.0 cm³/mol. The molecule has 6 heteroatoms. The van der Waals surface area contributed by atoms with E-state index in [9.17, 15) is 13.2 Å². The van der Waals surface area contributed by atoms with E-state index >= 15 is 0 Å². The molecule has 3 nitrogen and oxygen atoms in total. The van der Waals surface area contributed by atoms with Gasteiger partial charge in [-0.15, -0.1) is 0 Å². The zero-order valence-electron chi connectivity index (χ0n) is 9.71. The van der Waals surface area contributed by atoms with E-state index in [1.54, 1.807) is 4.90 Å². The first kappa shape index (κ1) is 14.3. The Kier molecular flexibility index (Phi) is 5.22. The van der Waals surface area contributed by atoms with Crippen molar-refractivity contribution in [2.45, 2.75) is 37.9 Å². The third-order valence-electron chi connectivity index (χ3n) is 3.22. The molecule has 2 unspecified atom stereocenters. The highest BCUT2D eigenvalue weighted by Gasteiger charge is 2.41. The lowest BCUT2D eigenvalue weighted by Gasteiger charge is -2.36. The highest BCUT2D eigenvalue weighted by molar-refractivity contribution is 4.92. The van der Waals surface area contributed by atoms with E-state index < -0.39 is 12.1 Å². The van der Waals surface area contributed by atoms with Gasteiger partial charge in [-0.3, -0.25) is 4.90 Å². The van der Waals surface area contributed by atoms with Crippen LogP contribution in [0.5, 0.6) is 0 Å². The lowest BCUT2D eigenvalue weighted by Crippen LogP contribution is -2.45. The van der Waals surface area contributed by atoms with Crippen molar-refractivity contribution in [2.75, 3.05) is 19.6 Å². The average Bonchev–Trinajstić information content (AvgIpc) is 2.26. The largest absolute Gasteiger partial charge is 0.405 e. The van der Waals surface area contributed by atoms with Crippen LogP contribution in [-0.2, 0) is 0 Å². The van der Waals surface area contributed by atoms with Gasteiger partial charge in [0.15, 0.2) is 5.92 Å². The molecule has 0 bridgehead atoms. The average molecular weight is 249 g/mol. The van der Waals surface area contributed by atoms with Gasteiger partial charge in [0.2, 0.25) is 0 Å². The van der Waals surface area contributed by atoms with Gasteiger partial charge in [0.05, 0.1) is 6.07 Å².